The molecule has 28 heavy (non-hydrogen) atoms. The summed E-state index contributed by atoms with van der Waals surface area (Å²) in [5, 5.41) is 13.9. The molecule has 0 aromatic heterocycles. The van der Waals surface area contributed by atoms with E-state index in [1.165, 1.54) is 0 Å². The molecule has 0 radical (unpaired) electrons. The number of nitrogens with one attached hydrogen (secondary N) is 2. The second-order valence-electron chi connectivity index (χ2n) is 6.90. The van der Waals surface area contributed by atoms with Crippen molar-refractivity contribution in [1.82, 2.24) is 10.6 Å². The van der Waals surface area contributed by atoms with Crippen LogP contribution in [0.15, 0.2) is 18.2 Å². The molecule has 10 heteroatoms. The Morgan fingerprint density at radius 3 is 2.54 bits per heavy atom. The first-order valence-corrected chi connectivity index (χ1v) is 8.71. The highest BCUT2D eigenvalue weighted by molar-refractivity contribution is 6.21. The van der Waals surface area contributed by atoms with Crippen LogP contribution in [0.2, 0.25) is 0 Å². The van der Waals surface area contributed by atoms with E-state index >= 15 is 0 Å². The van der Waals surface area contributed by atoms with Crippen molar-refractivity contribution in [3.05, 3.63) is 29.8 Å². The van der Waals surface area contributed by atoms with Crippen molar-refractivity contribution < 1.29 is 33.1 Å². The van der Waals surface area contributed by atoms with Crippen LogP contribution < -0.4 is 15.5 Å². The van der Waals surface area contributed by atoms with Gasteiger partial charge in [-0.25, -0.2) is 23.3 Å². The van der Waals surface area contributed by atoms with Gasteiger partial charge >= 0.3 is 12.0 Å². The summed E-state index contributed by atoms with van der Waals surface area (Å²) in [6, 6.07) is -0.565. The van der Waals surface area contributed by atoms with Gasteiger partial charge in [0, 0.05) is 12.5 Å². The molecule has 2 atom stereocenters. The number of amides is 4. The van der Waals surface area contributed by atoms with Gasteiger partial charge in [0.2, 0.25) is 5.91 Å². The Kier molecular flexibility index (Phi) is 6.66. The second kappa shape index (κ2) is 8.77. The van der Waals surface area contributed by atoms with Crippen LogP contribution in [0.4, 0.5) is 19.3 Å². The van der Waals surface area contributed by atoms with Gasteiger partial charge < -0.3 is 15.7 Å². The fraction of sp³-hybridized carbons (Fsp3) is 0.444. The number of nitrogens with zero attached hydrogens (tertiary/aromatic N) is 1. The van der Waals surface area contributed by atoms with Gasteiger partial charge in [0.15, 0.2) is 0 Å². The normalized spacial score (nSPS) is 17.6. The number of urea groups is 1. The fourth-order valence-corrected chi connectivity index (χ4v) is 2.85. The Morgan fingerprint density at radius 1 is 1.29 bits per heavy atom. The van der Waals surface area contributed by atoms with Gasteiger partial charge in [0.25, 0.3) is 5.91 Å². The van der Waals surface area contributed by atoms with E-state index in [9.17, 15) is 28.0 Å². The molecule has 1 saturated heterocycles. The number of carbonyl (C=O) groups excluding carboxylic acids is 3. The summed E-state index contributed by atoms with van der Waals surface area (Å²) >= 11 is 0. The third kappa shape index (κ3) is 5.02. The number of anilines is 1. The van der Waals surface area contributed by atoms with E-state index in [1.807, 2.05) is 13.8 Å². The third-order valence-corrected chi connectivity index (χ3v) is 4.17. The summed E-state index contributed by atoms with van der Waals surface area (Å²) in [6.07, 6.45) is -0.0557. The summed E-state index contributed by atoms with van der Waals surface area (Å²) in [5.41, 5.74) is -0.390. The predicted molar refractivity (Wildman–Crippen MR) is 94.4 cm³/mol. The first-order chi connectivity index (χ1) is 13.1. The zero-order valence-corrected chi connectivity index (χ0v) is 15.4. The molecule has 2 rings (SSSR count). The van der Waals surface area contributed by atoms with E-state index < -0.39 is 53.2 Å². The zero-order valence-electron chi connectivity index (χ0n) is 15.4. The van der Waals surface area contributed by atoms with Crippen molar-refractivity contribution in [2.45, 2.75) is 45.2 Å². The highest BCUT2D eigenvalue weighted by atomic mass is 19.1. The Hall–Kier alpha value is -3.04. The van der Waals surface area contributed by atoms with E-state index in [2.05, 4.69) is 10.6 Å². The summed E-state index contributed by atoms with van der Waals surface area (Å²) in [6.45, 7) is 3.63. The fourth-order valence-electron chi connectivity index (χ4n) is 2.85. The maximum absolute atomic E-state index is 13.9. The maximum Gasteiger partial charge on any atom is 0.329 e. The smallest absolute Gasteiger partial charge is 0.329 e. The molecule has 0 saturated carbocycles. The molecule has 1 unspecified atom stereocenters. The van der Waals surface area contributed by atoms with Gasteiger partial charge in [-0.15, -0.1) is 0 Å². The monoisotopic (exact) mass is 397 g/mol. The predicted octanol–water partition coefficient (Wildman–Crippen LogP) is 1.79. The minimum absolute atomic E-state index is 0.0521. The van der Waals surface area contributed by atoms with Crippen LogP contribution in [0.3, 0.4) is 0 Å². The molecular formula is C18H21F2N3O5. The lowest BCUT2D eigenvalue weighted by atomic mass is 10.0. The van der Waals surface area contributed by atoms with Crippen LogP contribution >= 0.6 is 0 Å². The van der Waals surface area contributed by atoms with Crippen molar-refractivity contribution in [3.8, 4) is 0 Å². The van der Waals surface area contributed by atoms with Gasteiger partial charge in [-0.3, -0.25) is 9.59 Å². The lowest BCUT2D eigenvalue weighted by Gasteiger charge is -2.17. The molecule has 1 aliphatic heterocycles. The average molecular weight is 397 g/mol. The SMILES string of the molecule is CC(C)C[C@@H](NC(=O)CCC1NC(=O)N(c2ccc(F)cc2F)C1=O)C(=O)O. The largest absolute Gasteiger partial charge is 0.480 e. The summed E-state index contributed by atoms with van der Waals surface area (Å²) in [5.74, 6) is -4.39. The number of carboxylic acids is 1. The topological polar surface area (TPSA) is 116 Å². The van der Waals surface area contributed by atoms with Gasteiger partial charge in [0.1, 0.15) is 23.7 Å². The minimum atomic E-state index is -1.16. The first kappa shape index (κ1) is 21.3. The number of carboxylic acid groups (broad SMARTS) is 1. The summed E-state index contributed by atoms with van der Waals surface area (Å²) in [4.78, 5) is 48.2. The Labute approximate surface area is 159 Å². The molecule has 1 aliphatic rings. The number of hydrogen-bond acceptors (Lipinski definition) is 4. The molecule has 152 valence electrons. The van der Waals surface area contributed by atoms with Crippen molar-refractivity contribution in [2.24, 2.45) is 5.92 Å². The molecule has 1 heterocycles. The van der Waals surface area contributed by atoms with Gasteiger partial charge in [-0.05, 0) is 30.9 Å². The highest BCUT2D eigenvalue weighted by Crippen LogP contribution is 2.25. The van der Waals surface area contributed by atoms with Crippen LogP contribution in [0.25, 0.3) is 0 Å². The van der Waals surface area contributed by atoms with Gasteiger partial charge in [-0.2, -0.15) is 0 Å². The molecule has 0 aliphatic carbocycles. The lowest BCUT2D eigenvalue weighted by Crippen LogP contribution is -2.42. The Morgan fingerprint density at radius 2 is 1.96 bits per heavy atom. The summed E-state index contributed by atoms with van der Waals surface area (Å²) < 4.78 is 26.9. The number of hydrogen-bond donors (Lipinski definition) is 3. The van der Waals surface area contributed by atoms with E-state index in [0.717, 1.165) is 12.1 Å². The Balaban J connectivity index is 1.98. The molecule has 0 spiro atoms. The summed E-state index contributed by atoms with van der Waals surface area (Å²) in [7, 11) is 0. The highest BCUT2D eigenvalue weighted by Gasteiger charge is 2.40. The van der Waals surface area contributed by atoms with E-state index in [0.29, 0.717) is 11.0 Å². The zero-order chi connectivity index (χ0) is 21.0. The third-order valence-electron chi connectivity index (χ3n) is 4.17. The Bertz CT molecular complexity index is 799. The number of imide groups is 1. The maximum atomic E-state index is 13.9. The van der Waals surface area contributed by atoms with E-state index in [-0.39, 0.29) is 25.2 Å². The average Bonchev–Trinajstić information content (AvgIpc) is 2.86. The molecule has 1 aromatic rings. The molecule has 0 bridgehead atoms. The van der Waals surface area contributed by atoms with Gasteiger partial charge in [-0.1, -0.05) is 13.8 Å². The molecule has 1 fully saturated rings. The number of aliphatic carboxylic acids is 1. The number of benzene rings is 1. The van der Waals surface area contributed by atoms with Crippen LogP contribution in [-0.4, -0.2) is 41.0 Å². The standard InChI is InChI=1S/C18H21F2N3O5/c1-9(2)7-13(17(26)27)21-15(24)6-4-12-16(25)23(18(28)22-12)14-5-3-10(19)8-11(14)20/h3,5,8-9,12-13H,4,6-7H2,1-2H3,(H,21,24)(H,22,28)(H,26,27)/t12?,13-/m1/s1. The molecule has 8 nitrogen and oxygen atoms in total. The van der Waals surface area contributed by atoms with Crippen molar-refractivity contribution in [3.63, 3.8) is 0 Å². The van der Waals surface area contributed by atoms with Crippen LogP contribution in [-0.2, 0) is 14.4 Å². The van der Waals surface area contributed by atoms with Gasteiger partial charge in [0.05, 0.1) is 5.69 Å². The van der Waals surface area contributed by atoms with Crippen molar-refractivity contribution in [1.29, 1.82) is 0 Å². The van der Waals surface area contributed by atoms with Crippen LogP contribution in [0.5, 0.6) is 0 Å². The molecular weight excluding hydrogens is 376 g/mol. The number of rotatable bonds is 8. The van der Waals surface area contributed by atoms with E-state index in [4.69, 9.17) is 5.11 Å². The van der Waals surface area contributed by atoms with Crippen molar-refractivity contribution in [2.75, 3.05) is 4.90 Å². The number of halogens is 2. The molecule has 3 N–H and O–H groups in total. The van der Waals surface area contributed by atoms with Crippen LogP contribution in [0, 0.1) is 17.6 Å². The first-order valence-electron chi connectivity index (χ1n) is 8.71. The van der Waals surface area contributed by atoms with E-state index in [1.54, 1.807) is 0 Å². The molecule has 1 aromatic carbocycles. The van der Waals surface area contributed by atoms with Crippen LogP contribution in [0.1, 0.15) is 33.1 Å². The molecule has 4 amide bonds. The minimum Gasteiger partial charge on any atom is -0.480 e. The van der Waals surface area contributed by atoms with Crippen molar-refractivity contribution >= 4 is 29.5 Å². The second-order valence-corrected chi connectivity index (χ2v) is 6.90. The number of carbonyl (C=O) groups is 4. The quantitative estimate of drug-likeness (QED) is 0.579. The lowest BCUT2D eigenvalue weighted by molar-refractivity contribution is -0.142.